The van der Waals surface area contributed by atoms with Gasteiger partial charge in [0.2, 0.25) is 0 Å². The Morgan fingerprint density at radius 3 is 2.93 bits per heavy atom. The van der Waals surface area contributed by atoms with Crippen LogP contribution in [0, 0.1) is 6.92 Å². The molecule has 0 unspecified atom stereocenters. The third kappa shape index (κ3) is 3.20. The van der Waals surface area contributed by atoms with Gasteiger partial charge in [0, 0.05) is 23.0 Å². The second-order valence-electron chi connectivity index (χ2n) is 6.50. The predicted octanol–water partition coefficient (Wildman–Crippen LogP) is 4.48. The highest BCUT2D eigenvalue weighted by molar-refractivity contribution is 7.20. The number of aromatic nitrogens is 4. The molecule has 5 rings (SSSR count). The Morgan fingerprint density at radius 2 is 2.10 bits per heavy atom. The third-order valence-electron chi connectivity index (χ3n) is 4.53. The summed E-state index contributed by atoms with van der Waals surface area (Å²) in [5.74, 6) is -0.477. The fourth-order valence-electron chi connectivity index (χ4n) is 3.11. The number of benzene rings is 1. The number of aryl methyl sites for hydroxylation is 1. The smallest absolute Gasteiger partial charge is 0.348 e. The number of carbonyl (C=O) groups excluding carboxylic acids is 1. The van der Waals surface area contributed by atoms with Crippen molar-refractivity contribution < 1.29 is 9.53 Å². The molecule has 0 radical (unpaired) electrons. The van der Waals surface area contributed by atoms with E-state index in [2.05, 4.69) is 10.1 Å². The number of para-hydroxylation sites is 1. The summed E-state index contributed by atoms with van der Waals surface area (Å²) < 4.78 is 8.60. The van der Waals surface area contributed by atoms with E-state index in [0.29, 0.717) is 20.6 Å². The topological polar surface area (TPSA) is 78.5 Å². The Bertz CT molecular complexity index is 1480. The molecule has 0 atom stereocenters. The maximum Gasteiger partial charge on any atom is 0.348 e. The van der Waals surface area contributed by atoms with Crippen LogP contribution in [0.3, 0.4) is 0 Å². The molecule has 150 valence electrons. The van der Waals surface area contributed by atoms with E-state index in [9.17, 15) is 9.59 Å². The highest BCUT2D eigenvalue weighted by Crippen LogP contribution is 2.32. The summed E-state index contributed by atoms with van der Waals surface area (Å²) in [6.45, 7) is 1.80. The lowest BCUT2D eigenvalue weighted by molar-refractivity contribution is 0.0473. The van der Waals surface area contributed by atoms with Gasteiger partial charge in [0.15, 0.2) is 4.96 Å². The molecule has 0 aliphatic heterocycles. The number of nitrogens with zero attached hydrogens (tertiary/aromatic N) is 4. The van der Waals surface area contributed by atoms with Gasteiger partial charge in [0.05, 0.1) is 22.1 Å². The molecule has 0 fully saturated rings. The number of esters is 1. The van der Waals surface area contributed by atoms with Crippen molar-refractivity contribution in [3.63, 3.8) is 0 Å². The van der Waals surface area contributed by atoms with Crippen LogP contribution in [0.4, 0.5) is 0 Å². The Balaban J connectivity index is 1.43. The molecule has 0 spiro atoms. The van der Waals surface area contributed by atoms with Crippen molar-refractivity contribution in [3.8, 4) is 5.69 Å². The van der Waals surface area contributed by atoms with Crippen molar-refractivity contribution >= 4 is 55.4 Å². The van der Waals surface area contributed by atoms with Gasteiger partial charge in [-0.3, -0.25) is 9.20 Å². The summed E-state index contributed by atoms with van der Waals surface area (Å²) in [5.41, 5.74) is 1.74. The molecule has 0 aliphatic carbocycles. The summed E-state index contributed by atoms with van der Waals surface area (Å²) >= 11 is 8.95. The number of fused-ring (bicyclic) bond motifs is 2. The first kappa shape index (κ1) is 19.0. The summed E-state index contributed by atoms with van der Waals surface area (Å²) in [4.78, 5) is 30.9. The average Bonchev–Trinajstić information content (AvgIpc) is 3.43. The number of halogens is 1. The molecule has 0 N–H and O–H groups in total. The zero-order valence-electron chi connectivity index (χ0n) is 15.5. The van der Waals surface area contributed by atoms with E-state index in [1.54, 1.807) is 28.4 Å². The van der Waals surface area contributed by atoms with Gasteiger partial charge in [0.25, 0.3) is 5.56 Å². The van der Waals surface area contributed by atoms with Crippen LogP contribution in [0.25, 0.3) is 20.9 Å². The van der Waals surface area contributed by atoms with Crippen LogP contribution in [0.15, 0.2) is 52.8 Å². The van der Waals surface area contributed by atoms with Crippen molar-refractivity contribution in [1.29, 1.82) is 0 Å². The molecule has 5 aromatic rings. The Hall–Kier alpha value is -3.01. The number of hydrogen-bond donors (Lipinski definition) is 0. The van der Waals surface area contributed by atoms with Crippen molar-refractivity contribution in [3.05, 3.63) is 79.6 Å². The number of thiophene rings is 1. The molecule has 4 aromatic heterocycles. The molecule has 4 heterocycles. The van der Waals surface area contributed by atoms with E-state index < -0.39 is 5.97 Å². The summed E-state index contributed by atoms with van der Waals surface area (Å²) in [6, 6.07) is 10.5. The van der Waals surface area contributed by atoms with Crippen LogP contribution in [-0.2, 0) is 11.3 Å². The minimum atomic E-state index is -0.477. The largest absolute Gasteiger partial charge is 0.455 e. The van der Waals surface area contributed by atoms with Crippen LogP contribution >= 0.6 is 34.3 Å². The van der Waals surface area contributed by atoms with E-state index in [0.717, 1.165) is 21.6 Å². The fraction of sp³-hybridized carbons (Fsp3) is 0.100. The van der Waals surface area contributed by atoms with Gasteiger partial charge in [-0.25, -0.2) is 14.5 Å². The van der Waals surface area contributed by atoms with E-state index in [-0.39, 0.29) is 12.2 Å². The van der Waals surface area contributed by atoms with Crippen molar-refractivity contribution in [2.75, 3.05) is 0 Å². The average molecular weight is 457 g/mol. The molecular formula is C20H13ClN4O3S2. The van der Waals surface area contributed by atoms with Crippen LogP contribution < -0.4 is 5.56 Å². The molecular weight excluding hydrogens is 444 g/mol. The molecule has 10 heteroatoms. The Morgan fingerprint density at radius 1 is 1.27 bits per heavy atom. The van der Waals surface area contributed by atoms with E-state index in [1.807, 2.05) is 25.1 Å². The molecule has 0 saturated heterocycles. The second-order valence-corrected chi connectivity index (χ2v) is 8.81. The number of hydrogen-bond acceptors (Lipinski definition) is 7. The molecule has 0 bridgehead atoms. The predicted molar refractivity (Wildman–Crippen MR) is 117 cm³/mol. The van der Waals surface area contributed by atoms with Crippen LogP contribution in [0.1, 0.15) is 21.1 Å². The van der Waals surface area contributed by atoms with E-state index in [4.69, 9.17) is 16.3 Å². The van der Waals surface area contributed by atoms with E-state index >= 15 is 0 Å². The SMILES string of the molecule is Cc1nn(-c2ccccc2Cl)c2sc(C(=O)OCc3cc(=O)n4ccsc4n3)cc12. The third-order valence-corrected chi connectivity index (χ3v) is 6.70. The number of ether oxygens (including phenoxy) is 1. The van der Waals surface area contributed by atoms with Gasteiger partial charge >= 0.3 is 5.97 Å². The first-order chi connectivity index (χ1) is 14.5. The lowest BCUT2D eigenvalue weighted by atomic mass is 10.3. The van der Waals surface area contributed by atoms with Crippen molar-refractivity contribution in [2.24, 2.45) is 0 Å². The Kier molecular flexibility index (Phi) is 4.65. The summed E-state index contributed by atoms with van der Waals surface area (Å²) in [7, 11) is 0. The highest BCUT2D eigenvalue weighted by Gasteiger charge is 2.19. The number of carbonyl (C=O) groups is 1. The van der Waals surface area contributed by atoms with Gasteiger partial charge < -0.3 is 4.74 Å². The molecule has 7 nitrogen and oxygen atoms in total. The normalized spacial score (nSPS) is 11.4. The number of thiazole rings is 1. The maximum absolute atomic E-state index is 12.6. The standard InChI is InChI=1S/C20H13ClN4O3S2/c1-11-13-9-16(30-18(13)25(23-11)15-5-3-2-4-14(15)21)19(27)28-10-12-8-17(26)24-6-7-29-20(24)22-12/h2-9H,10H2,1H3. The first-order valence-electron chi connectivity index (χ1n) is 8.88. The first-order valence-corrected chi connectivity index (χ1v) is 11.0. The van der Waals surface area contributed by atoms with Gasteiger partial charge in [-0.05, 0) is 25.1 Å². The molecule has 1 aromatic carbocycles. The molecule has 0 amide bonds. The lowest BCUT2D eigenvalue weighted by Crippen LogP contribution is -2.14. The minimum absolute atomic E-state index is 0.0770. The minimum Gasteiger partial charge on any atom is -0.455 e. The highest BCUT2D eigenvalue weighted by atomic mass is 35.5. The van der Waals surface area contributed by atoms with Gasteiger partial charge in [-0.1, -0.05) is 23.7 Å². The zero-order chi connectivity index (χ0) is 20.8. The quantitative estimate of drug-likeness (QED) is 0.373. The second kappa shape index (κ2) is 7.35. The van der Waals surface area contributed by atoms with Gasteiger partial charge in [-0.15, -0.1) is 22.7 Å². The van der Waals surface area contributed by atoms with E-state index in [1.165, 1.54) is 33.1 Å². The Labute approximate surface area is 182 Å². The monoisotopic (exact) mass is 456 g/mol. The molecule has 30 heavy (non-hydrogen) atoms. The summed E-state index contributed by atoms with van der Waals surface area (Å²) in [5, 5.41) is 7.77. The lowest BCUT2D eigenvalue weighted by Gasteiger charge is -2.04. The van der Waals surface area contributed by atoms with Crippen LogP contribution in [-0.4, -0.2) is 25.1 Å². The summed E-state index contributed by atoms with van der Waals surface area (Å²) in [6.07, 6.45) is 1.66. The molecule has 0 aliphatic rings. The van der Waals surface area contributed by atoms with Crippen molar-refractivity contribution in [2.45, 2.75) is 13.5 Å². The fourth-order valence-corrected chi connectivity index (χ4v) is 5.13. The number of rotatable bonds is 4. The van der Waals surface area contributed by atoms with Crippen LogP contribution in [0.5, 0.6) is 0 Å². The maximum atomic E-state index is 12.6. The molecule has 0 saturated carbocycles. The van der Waals surface area contributed by atoms with Gasteiger partial charge in [0.1, 0.15) is 16.3 Å². The van der Waals surface area contributed by atoms with Crippen molar-refractivity contribution in [1.82, 2.24) is 19.2 Å². The van der Waals surface area contributed by atoms with Crippen LogP contribution in [0.2, 0.25) is 5.02 Å². The zero-order valence-corrected chi connectivity index (χ0v) is 17.9. The van der Waals surface area contributed by atoms with Gasteiger partial charge in [-0.2, -0.15) is 5.10 Å².